The van der Waals surface area contributed by atoms with Gasteiger partial charge in [-0.3, -0.25) is 4.90 Å². The molecule has 1 heterocycles. The van der Waals surface area contributed by atoms with Gasteiger partial charge in [0, 0.05) is 25.7 Å². The summed E-state index contributed by atoms with van der Waals surface area (Å²) in [7, 11) is 0. The fourth-order valence-corrected chi connectivity index (χ4v) is 2.85. The van der Waals surface area contributed by atoms with Crippen molar-refractivity contribution in [2.75, 3.05) is 19.6 Å². The first-order valence-electron chi connectivity index (χ1n) is 6.76. The number of benzene rings is 1. The molecule has 0 spiro atoms. The van der Waals surface area contributed by atoms with E-state index in [1.807, 2.05) is 0 Å². The van der Waals surface area contributed by atoms with Crippen LogP contribution in [0.5, 0.6) is 0 Å². The second kappa shape index (κ2) is 5.83. The average Bonchev–Trinajstić information content (AvgIpc) is 2.28. The molecule has 0 aromatic heterocycles. The second-order valence-electron chi connectivity index (χ2n) is 5.38. The second-order valence-corrected chi connectivity index (χ2v) is 5.38. The molecule has 3 heteroatoms. The zero-order valence-corrected chi connectivity index (χ0v) is 11.6. The maximum Gasteiger partial charge on any atom is 0.0678 e. The van der Waals surface area contributed by atoms with Crippen LogP contribution in [0, 0.1) is 6.92 Å². The van der Waals surface area contributed by atoms with Crippen molar-refractivity contribution in [2.24, 2.45) is 5.73 Å². The molecular weight excluding hydrogens is 224 g/mol. The molecule has 18 heavy (non-hydrogen) atoms. The number of aryl methyl sites for hydroxylation is 1. The largest absolute Gasteiger partial charge is 0.373 e. The van der Waals surface area contributed by atoms with Crippen molar-refractivity contribution in [1.82, 2.24) is 4.90 Å². The number of nitrogens with two attached hydrogens (primary N) is 1. The highest BCUT2D eigenvalue weighted by atomic mass is 16.5. The summed E-state index contributed by atoms with van der Waals surface area (Å²) >= 11 is 0. The molecule has 0 saturated carbocycles. The van der Waals surface area contributed by atoms with Crippen LogP contribution in [-0.4, -0.2) is 36.7 Å². The fraction of sp³-hybridized carbons (Fsp3) is 0.600. The Morgan fingerprint density at radius 2 is 2.00 bits per heavy atom. The number of morpholine rings is 1. The predicted octanol–water partition coefficient (Wildman–Crippen LogP) is 2.10. The maximum atomic E-state index is 5.99. The van der Waals surface area contributed by atoms with Crippen molar-refractivity contribution in [1.29, 1.82) is 0 Å². The average molecular weight is 248 g/mol. The molecule has 1 aliphatic heterocycles. The van der Waals surface area contributed by atoms with E-state index in [1.165, 1.54) is 11.1 Å². The molecule has 100 valence electrons. The normalized spacial score (nSPS) is 27.1. The first-order valence-corrected chi connectivity index (χ1v) is 6.76. The highest BCUT2D eigenvalue weighted by molar-refractivity contribution is 5.25. The zero-order chi connectivity index (χ0) is 13.1. The van der Waals surface area contributed by atoms with Crippen LogP contribution >= 0.6 is 0 Å². The molecule has 3 nitrogen and oxygen atoms in total. The Morgan fingerprint density at radius 1 is 1.33 bits per heavy atom. The Bertz CT molecular complexity index is 384. The van der Waals surface area contributed by atoms with Crippen LogP contribution in [0.25, 0.3) is 0 Å². The zero-order valence-electron chi connectivity index (χ0n) is 11.6. The van der Waals surface area contributed by atoms with Crippen LogP contribution in [-0.2, 0) is 4.74 Å². The molecular formula is C15H24N2O. The third-order valence-corrected chi connectivity index (χ3v) is 3.54. The molecule has 2 rings (SSSR count). The molecule has 1 saturated heterocycles. The summed E-state index contributed by atoms with van der Waals surface area (Å²) < 4.78 is 5.79. The summed E-state index contributed by atoms with van der Waals surface area (Å²) in [6.45, 7) is 8.96. The number of hydrogen-bond donors (Lipinski definition) is 1. The summed E-state index contributed by atoms with van der Waals surface area (Å²) in [5, 5.41) is 0. The minimum atomic E-state index is 0.285. The monoisotopic (exact) mass is 248 g/mol. The maximum absolute atomic E-state index is 5.99. The van der Waals surface area contributed by atoms with Gasteiger partial charge in [-0.05, 0) is 26.3 Å². The molecule has 1 fully saturated rings. The van der Waals surface area contributed by atoms with Crippen LogP contribution < -0.4 is 5.73 Å². The lowest BCUT2D eigenvalue weighted by atomic mass is 10.0. The molecule has 1 unspecified atom stereocenters. The van der Waals surface area contributed by atoms with Crippen LogP contribution in [0.3, 0.4) is 0 Å². The van der Waals surface area contributed by atoms with Gasteiger partial charge in [-0.15, -0.1) is 0 Å². The van der Waals surface area contributed by atoms with Gasteiger partial charge in [0.15, 0.2) is 0 Å². The minimum absolute atomic E-state index is 0.285. The van der Waals surface area contributed by atoms with E-state index in [0.717, 1.165) is 13.1 Å². The Morgan fingerprint density at radius 3 is 2.56 bits per heavy atom. The SMILES string of the molecule is Cc1cccc(C(CN)N2C[C@@H](C)O[C@@H](C)C2)c1. The summed E-state index contributed by atoms with van der Waals surface area (Å²) in [4.78, 5) is 2.45. The summed E-state index contributed by atoms with van der Waals surface area (Å²) in [6.07, 6.45) is 0.570. The molecule has 0 amide bonds. The van der Waals surface area contributed by atoms with Crippen LogP contribution in [0.15, 0.2) is 24.3 Å². The van der Waals surface area contributed by atoms with Gasteiger partial charge in [-0.2, -0.15) is 0 Å². The van der Waals surface area contributed by atoms with E-state index in [9.17, 15) is 0 Å². The van der Waals surface area contributed by atoms with Crippen molar-refractivity contribution in [3.05, 3.63) is 35.4 Å². The molecule has 0 radical (unpaired) electrons. The van der Waals surface area contributed by atoms with E-state index >= 15 is 0 Å². The Balaban J connectivity index is 2.17. The molecule has 1 aliphatic rings. The molecule has 2 N–H and O–H groups in total. The predicted molar refractivity (Wildman–Crippen MR) is 74.6 cm³/mol. The highest BCUT2D eigenvalue weighted by Gasteiger charge is 2.28. The van der Waals surface area contributed by atoms with Crippen molar-refractivity contribution < 1.29 is 4.74 Å². The van der Waals surface area contributed by atoms with Gasteiger partial charge in [0.1, 0.15) is 0 Å². The quantitative estimate of drug-likeness (QED) is 0.890. The summed E-state index contributed by atoms with van der Waals surface area (Å²) in [5.74, 6) is 0. The minimum Gasteiger partial charge on any atom is -0.373 e. The standard InChI is InChI=1S/C15H24N2O/c1-11-5-4-6-14(7-11)15(8-16)17-9-12(2)18-13(3)10-17/h4-7,12-13,15H,8-10,16H2,1-3H3/t12-,13+,15?. The first kappa shape index (κ1) is 13.5. The smallest absolute Gasteiger partial charge is 0.0678 e. The van der Waals surface area contributed by atoms with E-state index in [1.54, 1.807) is 0 Å². The molecule has 0 bridgehead atoms. The number of hydrogen-bond acceptors (Lipinski definition) is 3. The molecule has 1 aromatic carbocycles. The molecule has 3 atom stereocenters. The summed E-state index contributed by atoms with van der Waals surface area (Å²) in [6, 6.07) is 8.96. The van der Waals surface area contributed by atoms with Crippen molar-refractivity contribution in [2.45, 2.75) is 39.0 Å². The van der Waals surface area contributed by atoms with Crippen LogP contribution in [0.1, 0.15) is 31.0 Å². The van der Waals surface area contributed by atoms with Crippen LogP contribution in [0.2, 0.25) is 0 Å². The van der Waals surface area contributed by atoms with E-state index in [-0.39, 0.29) is 12.2 Å². The van der Waals surface area contributed by atoms with E-state index in [0.29, 0.717) is 12.6 Å². The van der Waals surface area contributed by atoms with Gasteiger partial charge in [-0.1, -0.05) is 29.8 Å². The Hall–Kier alpha value is -0.900. The number of nitrogens with zero attached hydrogens (tertiary/aromatic N) is 1. The highest BCUT2D eigenvalue weighted by Crippen LogP contribution is 2.24. The fourth-order valence-electron chi connectivity index (χ4n) is 2.85. The van der Waals surface area contributed by atoms with Gasteiger partial charge in [0.2, 0.25) is 0 Å². The van der Waals surface area contributed by atoms with Gasteiger partial charge in [0.25, 0.3) is 0 Å². The van der Waals surface area contributed by atoms with Crippen molar-refractivity contribution >= 4 is 0 Å². The lowest BCUT2D eigenvalue weighted by Gasteiger charge is -2.40. The summed E-state index contributed by atoms with van der Waals surface area (Å²) in [5.41, 5.74) is 8.60. The third kappa shape index (κ3) is 3.10. The molecule has 1 aromatic rings. The van der Waals surface area contributed by atoms with Gasteiger partial charge in [0.05, 0.1) is 12.2 Å². The lowest BCUT2D eigenvalue weighted by Crippen LogP contribution is -2.48. The number of rotatable bonds is 3. The van der Waals surface area contributed by atoms with Crippen LogP contribution in [0.4, 0.5) is 0 Å². The van der Waals surface area contributed by atoms with E-state index in [2.05, 4.69) is 49.9 Å². The van der Waals surface area contributed by atoms with Gasteiger partial charge < -0.3 is 10.5 Å². The number of ether oxygens (including phenoxy) is 1. The Kier molecular flexibility index (Phi) is 4.38. The first-order chi connectivity index (χ1) is 8.60. The van der Waals surface area contributed by atoms with Gasteiger partial charge in [-0.25, -0.2) is 0 Å². The third-order valence-electron chi connectivity index (χ3n) is 3.54. The lowest BCUT2D eigenvalue weighted by molar-refractivity contribution is -0.0799. The topological polar surface area (TPSA) is 38.5 Å². The van der Waals surface area contributed by atoms with Gasteiger partial charge >= 0.3 is 0 Å². The molecule has 0 aliphatic carbocycles. The van der Waals surface area contributed by atoms with Crippen molar-refractivity contribution in [3.63, 3.8) is 0 Å². The Labute approximate surface area is 110 Å². The van der Waals surface area contributed by atoms with E-state index < -0.39 is 0 Å². The van der Waals surface area contributed by atoms with Crippen molar-refractivity contribution in [3.8, 4) is 0 Å². The van der Waals surface area contributed by atoms with E-state index in [4.69, 9.17) is 10.5 Å².